The first kappa shape index (κ1) is 12.2. The minimum Gasteiger partial charge on any atom is -0.477 e. The van der Waals surface area contributed by atoms with Crippen molar-refractivity contribution in [2.45, 2.75) is 6.92 Å². The van der Waals surface area contributed by atoms with Gasteiger partial charge in [0.05, 0.1) is 15.6 Å². The Bertz CT molecular complexity index is 618. The lowest BCUT2D eigenvalue weighted by molar-refractivity contribution is -0.384. The fourth-order valence-corrected chi connectivity index (χ4v) is 2.29. The lowest BCUT2D eigenvalue weighted by Gasteiger charge is -1.98. The number of rotatable bonds is 3. The highest BCUT2D eigenvalue weighted by molar-refractivity contribution is 7.14. The second kappa shape index (κ2) is 4.53. The molecule has 1 N–H and O–H groups in total. The van der Waals surface area contributed by atoms with Crippen LogP contribution in [0.4, 0.5) is 5.69 Å². The van der Waals surface area contributed by atoms with Crippen LogP contribution in [0.15, 0.2) is 24.3 Å². The number of aromatic nitrogens is 1. The van der Waals surface area contributed by atoms with Crippen LogP contribution in [0.5, 0.6) is 0 Å². The van der Waals surface area contributed by atoms with Gasteiger partial charge in [-0.1, -0.05) is 0 Å². The van der Waals surface area contributed by atoms with E-state index < -0.39 is 10.9 Å². The normalized spacial score (nSPS) is 10.3. The number of carbonyl (C=O) groups is 1. The van der Waals surface area contributed by atoms with Crippen molar-refractivity contribution in [2.75, 3.05) is 0 Å². The number of aryl methyl sites for hydroxylation is 1. The van der Waals surface area contributed by atoms with E-state index in [9.17, 15) is 14.9 Å². The van der Waals surface area contributed by atoms with Gasteiger partial charge >= 0.3 is 5.97 Å². The highest BCUT2D eigenvalue weighted by atomic mass is 32.1. The molecular formula is C11H8N2O4S. The Morgan fingerprint density at radius 3 is 2.50 bits per heavy atom. The zero-order valence-electron chi connectivity index (χ0n) is 9.28. The molecule has 2 aromatic rings. The quantitative estimate of drug-likeness (QED) is 0.679. The van der Waals surface area contributed by atoms with Gasteiger partial charge in [0.1, 0.15) is 4.88 Å². The molecule has 0 radical (unpaired) electrons. The van der Waals surface area contributed by atoms with Gasteiger partial charge in [0.15, 0.2) is 0 Å². The van der Waals surface area contributed by atoms with Gasteiger partial charge in [0, 0.05) is 17.7 Å². The van der Waals surface area contributed by atoms with E-state index >= 15 is 0 Å². The summed E-state index contributed by atoms with van der Waals surface area (Å²) >= 11 is 1.08. The van der Waals surface area contributed by atoms with Crippen LogP contribution in [0.1, 0.15) is 14.7 Å². The summed E-state index contributed by atoms with van der Waals surface area (Å²) in [6.07, 6.45) is 0. The molecule has 0 unspecified atom stereocenters. The van der Waals surface area contributed by atoms with Crippen molar-refractivity contribution in [1.29, 1.82) is 0 Å². The van der Waals surface area contributed by atoms with Crippen molar-refractivity contribution >= 4 is 23.0 Å². The Morgan fingerprint density at radius 1 is 1.39 bits per heavy atom. The first-order valence-corrected chi connectivity index (χ1v) is 5.76. The Labute approximate surface area is 106 Å². The van der Waals surface area contributed by atoms with E-state index in [-0.39, 0.29) is 10.6 Å². The zero-order valence-corrected chi connectivity index (χ0v) is 10.1. The van der Waals surface area contributed by atoms with E-state index in [1.54, 1.807) is 6.92 Å². The van der Waals surface area contributed by atoms with Crippen LogP contribution in [0, 0.1) is 17.0 Å². The number of thiazole rings is 1. The Kier molecular flexibility index (Phi) is 3.07. The summed E-state index contributed by atoms with van der Waals surface area (Å²) in [6, 6.07) is 5.66. The molecule has 0 bridgehead atoms. The summed E-state index contributed by atoms with van der Waals surface area (Å²) < 4.78 is 0. The Hall–Kier alpha value is -2.28. The lowest BCUT2D eigenvalue weighted by Crippen LogP contribution is -1.95. The molecule has 92 valence electrons. The van der Waals surface area contributed by atoms with E-state index in [1.165, 1.54) is 24.3 Å². The number of carboxylic acid groups (broad SMARTS) is 1. The van der Waals surface area contributed by atoms with Crippen LogP contribution in [0.25, 0.3) is 11.3 Å². The molecule has 7 heteroatoms. The van der Waals surface area contributed by atoms with Gasteiger partial charge in [0.2, 0.25) is 0 Å². The molecule has 6 nitrogen and oxygen atoms in total. The molecule has 0 aliphatic heterocycles. The SMILES string of the molecule is Cc1nc(-c2ccc([N+](=O)[O-])cc2)c(C(=O)O)s1. The molecule has 2 rings (SSSR count). The van der Waals surface area contributed by atoms with Crippen molar-refractivity contribution in [1.82, 2.24) is 4.98 Å². The summed E-state index contributed by atoms with van der Waals surface area (Å²) in [6.45, 7) is 1.71. The number of hydrogen-bond donors (Lipinski definition) is 1. The second-order valence-corrected chi connectivity index (χ2v) is 4.72. The first-order chi connectivity index (χ1) is 8.49. The highest BCUT2D eigenvalue weighted by Crippen LogP contribution is 2.29. The van der Waals surface area contributed by atoms with E-state index in [0.29, 0.717) is 16.3 Å². The minimum atomic E-state index is -1.05. The highest BCUT2D eigenvalue weighted by Gasteiger charge is 2.17. The molecule has 1 heterocycles. The van der Waals surface area contributed by atoms with Crippen LogP contribution in [-0.2, 0) is 0 Å². The summed E-state index contributed by atoms with van der Waals surface area (Å²) in [7, 11) is 0. The number of nitro benzene ring substituents is 1. The van der Waals surface area contributed by atoms with E-state index in [1.807, 2.05) is 0 Å². The third kappa shape index (κ3) is 2.21. The molecule has 0 saturated carbocycles. The van der Waals surface area contributed by atoms with Gasteiger partial charge in [-0.05, 0) is 19.1 Å². The summed E-state index contributed by atoms with van der Waals surface area (Å²) in [5.41, 5.74) is 0.866. The van der Waals surface area contributed by atoms with Gasteiger partial charge in [0.25, 0.3) is 5.69 Å². The third-order valence-corrected chi connectivity index (χ3v) is 3.24. The zero-order chi connectivity index (χ0) is 13.3. The van der Waals surface area contributed by atoms with Crippen LogP contribution < -0.4 is 0 Å². The van der Waals surface area contributed by atoms with Crippen molar-refractivity contribution in [3.8, 4) is 11.3 Å². The lowest BCUT2D eigenvalue weighted by atomic mass is 10.1. The van der Waals surface area contributed by atoms with Gasteiger partial charge in [-0.25, -0.2) is 9.78 Å². The fourth-order valence-electron chi connectivity index (χ4n) is 1.51. The molecule has 0 aliphatic rings. The fraction of sp³-hybridized carbons (Fsp3) is 0.0909. The molecule has 0 fully saturated rings. The van der Waals surface area contributed by atoms with Gasteiger partial charge in [-0.2, -0.15) is 0 Å². The average molecular weight is 264 g/mol. The number of carboxylic acids is 1. The summed E-state index contributed by atoms with van der Waals surface area (Å²) in [5, 5.41) is 20.2. The summed E-state index contributed by atoms with van der Waals surface area (Å²) in [5.74, 6) is -1.05. The van der Waals surface area contributed by atoms with Crippen LogP contribution in [0.2, 0.25) is 0 Å². The number of nitrogens with zero attached hydrogens (tertiary/aromatic N) is 2. The van der Waals surface area contributed by atoms with E-state index in [4.69, 9.17) is 5.11 Å². The molecule has 0 amide bonds. The third-order valence-electron chi connectivity index (χ3n) is 2.28. The molecule has 1 aromatic carbocycles. The van der Waals surface area contributed by atoms with Crippen LogP contribution in [0.3, 0.4) is 0 Å². The first-order valence-electron chi connectivity index (χ1n) is 4.94. The van der Waals surface area contributed by atoms with Gasteiger partial charge < -0.3 is 5.11 Å². The maximum Gasteiger partial charge on any atom is 0.348 e. The molecule has 0 saturated heterocycles. The smallest absolute Gasteiger partial charge is 0.348 e. The van der Waals surface area contributed by atoms with Crippen LogP contribution in [-0.4, -0.2) is 21.0 Å². The standard InChI is InChI=1S/C11H8N2O4S/c1-6-12-9(10(18-6)11(14)15)7-2-4-8(5-3-7)13(16)17/h2-5H,1H3,(H,14,15). The molecule has 0 spiro atoms. The predicted molar refractivity (Wildman–Crippen MR) is 65.9 cm³/mol. The van der Waals surface area contributed by atoms with Crippen molar-refractivity contribution < 1.29 is 14.8 Å². The number of non-ortho nitro benzene ring substituents is 1. The monoisotopic (exact) mass is 264 g/mol. The molecule has 1 aromatic heterocycles. The number of benzene rings is 1. The Balaban J connectivity index is 2.48. The van der Waals surface area contributed by atoms with Crippen molar-refractivity contribution in [2.24, 2.45) is 0 Å². The summed E-state index contributed by atoms with van der Waals surface area (Å²) in [4.78, 5) is 25.4. The van der Waals surface area contributed by atoms with Crippen molar-refractivity contribution in [3.05, 3.63) is 44.3 Å². The topological polar surface area (TPSA) is 93.3 Å². The molecular weight excluding hydrogens is 256 g/mol. The van der Waals surface area contributed by atoms with Gasteiger partial charge in [-0.3, -0.25) is 10.1 Å². The average Bonchev–Trinajstić information content (AvgIpc) is 2.71. The number of aromatic carboxylic acids is 1. The molecule has 18 heavy (non-hydrogen) atoms. The van der Waals surface area contributed by atoms with Crippen molar-refractivity contribution in [3.63, 3.8) is 0 Å². The van der Waals surface area contributed by atoms with Gasteiger partial charge in [-0.15, -0.1) is 11.3 Å². The molecule has 0 atom stereocenters. The second-order valence-electron chi connectivity index (χ2n) is 3.52. The van der Waals surface area contributed by atoms with E-state index in [2.05, 4.69) is 4.98 Å². The Morgan fingerprint density at radius 2 is 2.00 bits per heavy atom. The molecule has 0 aliphatic carbocycles. The maximum absolute atomic E-state index is 11.0. The predicted octanol–water partition coefficient (Wildman–Crippen LogP) is 2.72. The van der Waals surface area contributed by atoms with E-state index in [0.717, 1.165) is 11.3 Å². The largest absolute Gasteiger partial charge is 0.477 e. The number of hydrogen-bond acceptors (Lipinski definition) is 5. The van der Waals surface area contributed by atoms with Crippen LogP contribution >= 0.6 is 11.3 Å². The minimum absolute atomic E-state index is 0.0393. The maximum atomic E-state index is 11.0. The number of nitro groups is 1.